The molecule has 1 N–H and O–H groups in total. The highest BCUT2D eigenvalue weighted by Crippen LogP contribution is 2.49. The van der Waals surface area contributed by atoms with Gasteiger partial charge in [0.05, 0.1) is 26.8 Å². The average molecular weight is 556 g/mol. The molecule has 37 heavy (non-hydrogen) atoms. The fourth-order valence-electron chi connectivity index (χ4n) is 5.10. The molecule has 1 unspecified atom stereocenters. The number of anilines is 1. The average Bonchev–Trinajstić information content (AvgIpc) is 3.28. The molecule has 12 heteroatoms. The number of hydrogen-bond acceptors (Lipinski definition) is 5. The van der Waals surface area contributed by atoms with Crippen LogP contribution < -0.4 is 9.64 Å². The van der Waals surface area contributed by atoms with Crippen LogP contribution in [0.4, 0.5) is 27.6 Å². The maximum absolute atomic E-state index is 14.1. The Labute approximate surface area is 214 Å². The second-order valence-corrected chi connectivity index (χ2v) is 13.4. The van der Waals surface area contributed by atoms with Crippen LogP contribution in [0.15, 0.2) is 17.0 Å². The molecule has 1 aromatic carbocycles. The first-order valence-corrected chi connectivity index (χ1v) is 13.8. The highest BCUT2D eigenvalue weighted by molar-refractivity contribution is 7.93. The van der Waals surface area contributed by atoms with E-state index in [-0.39, 0.29) is 29.6 Å². The molecule has 0 spiro atoms. The van der Waals surface area contributed by atoms with Crippen molar-refractivity contribution in [2.45, 2.75) is 94.0 Å². The Hall–Kier alpha value is -2.11. The summed E-state index contributed by atoms with van der Waals surface area (Å²) in [5.74, 6) is -6.99. The Bertz CT molecular complexity index is 1110. The SMILES string of the molecule is C[C@H](COc1cc2c(cc1C(F)(F)F)N(C1CCCC1)CC(CCC(C)(F)F)C(C)(C)S2(=O)=O)C(=O)O. The van der Waals surface area contributed by atoms with Crippen LogP contribution >= 0.6 is 0 Å². The largest absolute Gasteiger partial charge is 0.492 e. The van der Waals surface area contributed by atoms with E-state index in [2.05, 4.69) is 0 Å². The van der Waals surface area contributed by atoms with E-state index in [4.69, 9.17) is 9.84 Å². The van der Waals surface area contributed by atoms with Crippen molar-refractivity contribution in [3.63, 3.8) is 0 Å². The van der Waals surface area contributed by atoms with E-state index in [1.54, 1.807) is 4.90 Å². The molecule has 1 saturated carbocycles. The van der Waals surface area contributed by atoms with Crippen molar-refractivity contribution < 1.29 is 45.0 Å². The second-order valence-electron chi connectivity index (χ2n) is 10.9. The molecule has 6 nitrogen and oxygen atoms in total. The number of carbonyl (C=O) groups is 1. The van der Waals surface area contributed by atoms with Gasteiger partial charge >= 0.3 is 12.1 Å². The lowest BCUT2D eigenvalue weighted by molar-refractivity contribution is -0.142. The molecule has 0 radical (unpaired) electrons. The fraction of sp³-hybridized carbons (Fsp3) is 0.720. The van der Waals surface area contributed by atoms with E-state index in [1.165, 1.54) is 20.8 Å². The van der Waals surface area contributed by atoms with Gasteiger partial charge < -0.3 is 14.7 Å². The standard InChI is InChI=1S/C25H34F5NO5S/c1-15(22(32)33)14-36-20-12-21-19(11-18(20)25(28,29)30)31(17-7-5-6-8-17)13-16(9-10-24(4,26)27)23(2,3)37(21,34)35/h11-12,15-17H,5-10,13-14H2,1-4H3,(H,32,33)/t15-,16?/m1/s1. The molecule has 0 amide bonds. The van der Waals surface area contributed by atoms with E-state index in [9.17, 15) is 35.2 Å². The summed E-state index contributed by atoms with van der Waals surface area (Å²) in [6.07, 6.45) is -2.65. The number of fused-ring (bicyclic) bond motifs is 1. The third-order valence-electron chi connectivity index (χ3n) is 7.67. The van der Waals surface area contributed by atoms with Gasteiger partial charge in [-0.1, -0.05) is 12.8 Å². The normalized spacial score (nSPS) is 22.8. The van der Waals surface area contributed by atoms with Crippen molar-refractivity contribution in [2.75, 3.05) is 18.1 Å². The molecule has 1 fully saturated rings. The third kappa shape index (κ3) is 6.15. The van der Waals surface area contributed by atoms with Crippen molar-refractivity contribution in [1.29, 1.82) is 0 Å². The second kappa shape index (κ2) is 10.2. The highest BCUT2D eigenvalue weighted by Gasteiger charge is 2.50. The summed E-state index contributed by atoms with van der Waals surface area (Å²) in [6, 6.07) is 1.37. The van der Waals surface area contributed by atoms with Crippen LogP contribution in [0.25, 0.3) is 0 Å². The first-order chi connectivity index (χ1) is 16.9. The van der Waals surface area contributed by atoms with Crippen molar-refractivity contribution >= 4 is 21.5 Å². The van der Waals surface area contributed by atoms with Gasteiger partial charge in [0, 0.05) is 25.1 Å². The van der Waals surface area contributed by atoms with Crippen LogP contribution in [0.5, 0.6) is 5.75 Å². The zero-order chi connectivity index (χ0) is 28.0. The Balaban J connectivity index is 2.22. The summed E-state index contributed by atoms with van der Waals surface area (Å²) < 4.78 is 102. The van der Waals surface area contributed by atoms with Gasteiger partial charge in [-0.15, -0.1) is 0 Å². The first kappa shape index (κ1) is 29.4. The number of hydrogen-bond donors (Lipinski definition) is 1. The summed E-state index contributed by atoms with van der Waals surface area (Å²) in [6.45, 7) is 4.29. The van der Waals surface area contributed by atoms with Crippen LogP contribution in [0.1, 0.15) is 71.8 Å². The molecule has 1 aromatic rings. The van der Waals surface area contributed by atoms with Crippen molar-refractivity contribution in [3.8, 4) is 5.75 Å². The summed E-state index contributed by atoms with van der Waals surface area (Å²) >= 11 is 0. The van der Waals surface area contributed by atoms with E-state index in [1.807, 2.05) is 0 Å². The van der Waals surface area contributed by atoms with Crippen LogP contribution in [-0.2, 0) is 20.8 Å². The number of ether oxygens (including phenoxy) is 1. The van der Waals surface area contributed by atoms with Crippen LogP contribution in [0.3, 0.4) is 0 Å². The van der Waals surface area contributed by atoms with Gasteiger partial charge in [0.15, 0.2) is 9.84 Å². The molecule has 210 valence electrons. The van der Waals surface area contributed by atoms with Gasteiger partial charge in [-0.3, -0.25) is 4.79 Å². The van der Waals surface area contributed by atoms with Gasteiger partial charge in [0.25, 0.3) is 0 Å². The van der Waals surface area contributed by atoms with Gasteiger partial charge in [0.2, 0.25) is 5.92 Å². The van der Waals surface area contributed by atoms with Crippen LogP contribution in [-0.4, -0.2) is 49.4 Å². The Kier molecular flexibility index (Phi) is 8.13. The molecule has 0 bridgehead atoms. The van der Waals surface area contributed by atoms with Gasteiger partial charge in [-0.2, -0.15) is 13.2 Å². The molecule has 1 aliphatic heterocycles. The summed E-state index contributed by atoms with van der Waals surface area (Å²) in [5.41, 5.74) is -1.32. The maximum atomic E-state index is 14.1. The minimum Gasteiger partial charge on any atom is -0.492 e. The van der Waals surface area contributed by atoms with Crippen LogP contribution in [0.2, 0.25) is 0 Å². The smallest absolute Gasteiger partial charge is 0.420 e. The summed E-state index contributed by atoms with van der Waals surface area (Å²) in [7, 11) is -4.33. The molecule has 2 aliphatic rings. The van der Waals surface area contributed by atoms with Gasteiger partial charge in [-0.25, -0.2) is 17.2 Å². The number of aliphatic carboxylic acids is 1. The lowest BCUT2D eigenvalue weighted by Gasteiger charge is -2.37. The number of carboxylic acid groups (broad SMARTS) is 1. The molecule has 1 heterocycles. The zero-order valence-corrected chi connectivity index (χ0v) is 22.2. The molecule has 3 rings (SSSR count). The minimum absolute atomic E-state index is 0.0214. The number of carboxylic acids is 1. The van der Waals surface area contributed by atoms with Crippen LogP contribution in [0, 0.1) is 11.8 Å². The Morgan fingerprint density at radius 3 is 2.30 bits per heavy atom. The van der Waals surface area contributed by atoms with Crippen molar-refractivity contribution in [3.05, 3.63) is 17.7 Å². The molecule has 1 aliphatic carbocycles. The Morgan fingerprint density at radius 1 is 1.19 bits per heavy atom. The number of nitrogens with zero attached hydrogens (tertiary/aromatic N) is 1. The maximum Gasteiger partial charge on any atom is 0.420 e. The number of halogens is 5. The van der Waals surface area contributed by atoms with Crippen molar-refractivity contribution in [1.82, 2.24) is 0 Å². The number of alkyl halides is 5. The quantitative estimate of drug-likeness (QED) is 0.386. The van der Waals surface area contributed by atoms with Gasteiger partial charge in [0.1, 0.15) is 12.4 Å². The Morgan fingerprint density at radius 2 is 1.78 bits per heavy atom. The molecular weight excluding hydrogens is 521 g/mol. The first-order valence-electron chi connectivity index (χ1n) is 12.4. The minimum atomic E-state index is -4.91. The lowest BCUT2D eigenvalue weighted by atomic mass is 9.88. The highest BCUT2D eigenvalue weighted by atomic mass is 32.2. The predicted octanol–water partition coefficient (Wildman–Crippen LogP) is 6.17. The number of rotatable bonds is 8. The summed E-state index contributed by atoms with van der Waals surface area (Å²) in [4.78, 5) is 12.5. The van der Waals surface area contributed by atoms with E-state index < -0.39 is 68.8 Å². The number of benzene rings is 1. The van der Waals surface area contributed by atoms with Crippen molar-refractivity contribution in [2.24, 2.45) is 11.8 Å². The van der Waals surface area contributed by atoms with E-state index in [0.29, 0.717) is 12.8 Å². The predicted molar refractivity (Wildman–Crippen MR) is 128 cm³/mol. The molecule has 2 atom stereocenters. The lowest BCUT2D eigenvalue weighted by Crippen LogP contribution is -2.45. The third-order valence-corrected chi connectivity index (χ3v) is 10.3. The number of sulfone groups is 1. The fourth-order valence-corrected chi connectivity index (χ4v) is 7.01. The van der Waals surface area contributed by atoms with E-state index >= 15 is 0 Å². The molecule has 0 saturated heterocycles. The topological polar surface area (TPSA) is 83.9 Å². The molecular formula is C25H34F5NO5S. The zero-order valence-electron chi connectivity index (χ0n) is 21.4. The molecule has 0 aromatic heterocycles. The van der Waals surface area contributed by atoms with E-state index in [0.717, 1.165) is 31.9 Å². The summed E-state index contributed by atoms with van der Waals surface area (Å²) in [5, 5.41) is 9.10. The van der Waals surface area contributed by atoms with Gasteiger partial charge in [-0.05, 0) is 58.9 Å². The monoisotopic (exact) mass is 555 g/mol.